The molecule has 5 nitrogen and oxygen atoms in total. The molecule has 0 saturated carbocycles. The molecule has 0 bridgehead atoms. The number of methoxy groups -OCH3 is 1. The molecule has 0 aliphatic carbocycles. The number of aryl methyl sites for hydroxylation is 1. The Balaban J connectivity index is 1.66. The third kappa shape index (κ3) is 3.87. The van der Waals surface area contributed by atoms with E-state index in [2.05, 4.69) is 5.10 Å². The molecule has 4 rings (SSSR count). The van der Waals surface area contributed by atoms with E-state index < -0.39 is 0 Å². The van der Waals surface area contributed by atoms with E-state index in [-0.39, 0.29) is 11.9 Å². The number of aromatic nitrogens is 2. The van der Waals surface area contributed by atoms with Crippen LogP contribution in [-0.4, -0.2) is 36.2 Å². The monoisotopic (exact) mass is 382 g/mol. The van der Waals surface area contributed by atoms with E-state index in [9.17, 15) is 4.39 Å². The van der Waals surface area contributed by atoms with Gasteiger partial charge in [0.25, 0.3) is 0 Å². The fourth-order valence-corrected chi connectivity index (χ4v) is 3.44. The summed E-state index contributed by atoms with van der Waals surface area (Å²) in [6.07, 6.45) is 2.75. The lowest BCUT2D eigenvalue weighted by atomic mass is 10.1. The summed E-state index contributed by atoms with van der Waals surface area (Å²) in [5.41, 5.74) is 4.03. The number of benzene rings is 2. The van der Waals surface area contributed by atoms with Gasteiger partial charge in [0.05, 0.1) is 38.8 Å². The minimum absolute atomic E-state index is 0.0365. The summed E-state index contributed by atoms with van der Waals surface area (Å²) in [7, 11) is 1.64. The van der Waals surface area contributed by atoms with E-state index >= 15 is 0 Å². The van der Waals surface area contributed by atoms with Crippen LogP contribution in [0.1, 0.15) is 17.5 Å². The second-order valence-corrected chi connectivity index (χ2v) is 6.93. The molecule has 28 heavy (non-hydrogen) atoms. The number of ether oxygens (including phenoxy) is 3. The van der Waals surface area contributed by atoms with E-state index in [4.69, 9.17) is 14.2 Å². The Kier molecular flexibility index (Phi) is 5.30. The van der Waals surface area contributed by atoms with Gasteiger partial charge in [-0.1, -0.05) is 12.1 Å². The zero-order chi connectivity index (χ0) is 19.5. The van der Waals surface area contributed by atoms with Crippen molar-refractivity contribution in [1.29, 1.82) is 0 Å². The SMILES string of the molecule is COc1ccc(-c2c(C)cnn2Cc2ccc(F)cc2)cc1O[C@@H]1CCOC1. The molecule has 1 aromatic heterocycles. The summed E-state index contributed by atoms with van der Waals surface area (Å²) >= 11 is 0. The zero-order valence-electron chi connectivity index (χ0n) is 16.0. The van der Waals surface area contributed by atoms with Crippen LogP contribution in [0.5, 0.6) is 11.5 Å². The Labute approximate surface area is 163 Å². The first-order valence-electron chi connectivity index (χ1n) is 9.33. The molecule has 2 heterocycles. The number of rotatable bonds is 6. The smallest absolute Gasteiger partial charge is 0.162 e. The van der Waals surface area contributed by atoms with Gasteiger partial charge in [-0.25, -0.2) is 4.39 Å². The summed E-state index contributed by atoms with van der Waals surface area (Å²) in [4.78, 5) is 0. The Hall–Kier alpha value is -2.86. The van der Waals surface area contributed by atoms with E-state index in [1.165, 1.54) is 12.1 Å². The van der Waals surface area contributed by atoms with Crippen LogP contribution in [0.3, 0.4) is 0 Å². The molecule has 0 spiro atoms. The van der Waals surface area contributed by atoms with Crippen LogP contribution < -0.4 is 9.47 Å². The molecule has 0 unspecified atom stereocenters. The summed E-state index contributed by atoms with van der Waals surface area (Å²) in [6, 6.07) is 12.4. The van der Waals surface area contributed by atoms with Crippen molar-refractivity contribution >= 4 is 0 Å². The summed E-state index contributed by atoms with van der Waals surface area (Å²) in [5, 5.41) is 4.52. The Morgan fingerprint density at radius 3 is 2.71 bits per heavy atom. The molecule has 0 radical (unpaired) electrons. The standard InChI is InChI=1S/C22H23FN2O3/c1-15-12-24-25(13-16-3-6-18(23)7-4-16)22(15)17-5-8-20(26-2)21(11-17)28-19-9-10-27-14-19/h3-8,11-12,19H,9-10,13-14H2,1-2H3/t19-/m1/s1. The molecule has 1 fully saturated rings. The van der Waals surface area contributed by atoms with Crippen molar-refractivity contribution in [3.63, 3.8) is 0 Å². The lowest BCUT2D eigenvalue weighted by Crippen LogP contribution is -2.16. The number of hydrogen-bond donors (Lipinski definition) is 0. The van der Waals surface area contributed by atoms with Crippen LogP contribution >= 0.6 is 0 Å². The summed E-state index contributed by atoms with van der Waals surface area (Å²) < 4.78 is 32.1. The lowest BCUT2D eigenvalue weighted by molar-refractivity contribution is 0.138. The molecule has 146 valence electrons. The maximum absolute atomic E-state index is 13.2. The molecule has 0 amide bonds. The molecular formula is C22H23FN2O3. The van der Waals surface area contributed by atoms with Gasteiger partial charge in [0.1, 0.15) is 11.9 Å². The van der Waals surface area contributed by atoms with Gasteiger partial charge in [-0.05, 0) is 48.4 Å². The number of halogens is 1. The summed E-state index contributed by atoms with van der Waals surface area (Å²) in [5.74, 6) is 1.15. The van der Waals surface area contributed by atoms with E-state index in [1.54, 1.807) is 19.2 Å². The molecule has 1 saturated heterocycles. The van der Waals surface area contributed by atoms with Crippen molar-refractivity contribution in [2.75, 3.05) is 20.3 Å². The number of hydrogen-bond acceptors (Lipinski definition) is 4. The Morgan fingerprint density at radius 1 is 1.18 bits per heavy atom. The quantitative estimate of drug-likeness (QED) is 0.640. The van der Waals surface area contributed by atoms with Crippen LogP contribution in [0, 0.1) is 12.7 Å². The van der Waals surface area contributed by atoms with Crippen molar-refractivity contribution in [1.82, 2.24) is 9.78 Å². The van der Waals surface area contributed by atoms with Crippen molar-refractivity contribution in [3.05, 3.63) is 65.6 Å². The van der Waals surface area contributed by atoms with Crippen LogP contribution in [-0.2, 0) is 11.3 Å². The van der Waals surface area contributed by atoms with E-state index in [0.29, 0.717) is 24.7 Å². The molecular weight excluding hydrogens is 359 g/mol. The van der Waals surface area contributed by atoms with Gasteiger partial charge in [-0.3, -0.25) is 4.68 Å². The third-order valence-electron chi connectivity index (χ3n) is 4.89. The van der Waals surface area contributed by atoms with Crippen molar-refractivity contribution in [3.8, 4) is 22.8 Å². The first kappa shape index (κ1) is 18.5. The Bertz CT molecular complexity index is 947. The number of nitrogens with zero attached hydrogens (tertiary/aromatic N) is 2. The van der Waals surface area contributed by atoms with Gasteiger partial charge in [0.15, 0.2) is 11.5 Å². The molecule has 1 aliphatic heterocycles. The Morgan fingerprint density at radius 2 is 2.00 bits per heavy atom. The van der Waals surface area contributed by atoms with E-state index in [0.717, 1.165) is 35.4 Å². The van der Waals surface area contributed by atoms with Crippen molar-refractivity contribution in [2.45, 2.75) is 26.0 Å². The van der Waals surface area contributed by atoms with Crippen LogP contribution in [0.4, 0.5) is 4.39 Å². The predicted octanol–water partition coefficient (Wildman–Crippen LogP) is 4.22. The normalized spacial score (nSPS) is 16.3. The average molecular weight is 382 g/mol. The highest BCUT2D eigenvalue weighted by Gasteiger charge is 2.20. The fourth-order valence-electron chi connectivity index (χ4n) is 3.44. The topological polar surface area (TPSA) is 45.5 Å². The zero-order valence-corrected chi connectivity index (χ0v) is 16.0. The highest BCUT2D eigenvalue weighted by Crippen LogP contribution is 2.35. The maximum Gasteiger partial charge on any atom is 0.162 e. The fraction of sp³-hybridized carbons (Fsp3) is 0.318. The average Bonchev–Trinajstić information content (AvgIpc) is 3.33. The van der Waals surface area contributed by atoms with Gasteiger partial charge >= 0.3 is 0 Å². The highest BCUT2D eigenvalue weighted by molar-refractivity contribution is 5.67. The highest BCUT2D eigenvalue weighted by atomic mass is 19.1. The van der Waals surface area contributed by atoms with Crippen molar-refractivity contribution in [2.24, 2.45) is 0 Å². The van der Waals surface area contributed by atoms with Crippen LogP contribution in [0.2, 0.25) is 0 Å². The van der Waals surface area contributed by atoms with Crippen LogP contribution in [0.15, 0.2) is 48.7 Å². The van der Waals surface area contributed by atoms with Gasteiger partial charge in [0.2, 0.25) is 0 Å². The third-order valence-corrected chi connectivity index (χ3v) is 4.89. The largest absolute Gasteiger partial charge is 0.493 e. The van der Waals surface area contributed by atoms with E-state index in [1.807, 2.05) is 36.0 Å². The van der Waals surface area contributed by atoms with Crippen LogP contribution in [0.25, 0.3) is 11.3 Å². The van der Waals surface area contributed by atoms with Gasteiger partial charge in [0, 0.05) is 12.0 Å². The molecule has 1 aliphatic rings. The predicted molar refractivity (Wildman–Crippen MR) is 104 cm³/mol. The molecule has 3 aromatic rings. The molecule has 0 N–H and O–H groups in total. The van der Waals surface area contributed by atoms with Gasteiger partial charge < -0.3 is 14.2 Å². The molecule has 6 heteroatoms. The maximum atomic E-state index is 13.2. The van der Waals surface area contributed by atoms with Crippen molar-refractivity contribution < 1.29 is 18.6 Å². The first-order valence-corrected chi connectivity index (χ1v) is 9.33. The first-order chi connectivity index (χ1) is 13.6. The molecule has 1 atom stereocenters. The van der Waals surface area contributed by atoms with Gasteiger partial charge in [-0.2, -0.15) is 5.10 Å². The minimum atomic E-state index is -0.242. The van der Waals surface area contributed by atoms with Gasteiger partial charge in [-0.15, -0.1) is 0 Å². The minimum Gasteiger partial charge on any atom is -0.493 e. The second kappa shape index (κ2) is 8.02. The molecule has 2 aromatic carbocycles. The lowest BCUT2D eigenvalue weighted by Gasteiger charge is -2.17. The summed E-state index contributed by atoms with van der Waals surface area (Å²) in [6.45, 7) is 3.90. The second-order valence-electron chi connectivity index (χ2n) is 6.93.